The van der Waals surface area contributed by atoms with Crippen molar-refractivity contribution in [1.29, 1.82) is 0 Å². The SMILES string of the molecule is OC1CCCN(CCC(F)(F)F)C1. The van der Waals surface area contributed by atoms with Crippen LogP contribution >= 0.6 is 0 Å². The molecular formula is C8H14F3NO. The smallest absolute Gasteiger partial charge is 0.390 e. The van der Waals surface area contributed by atoms with Gasteiger partial charge in [0.2, 0.25) is 0 Å². The summed E-state index contributed by atoms with van der Waals surface area (Å²) in [5.41, 5.74) is 0. The van der Waals surface area contributed by atoms with Gasteiger partial charge in [-0.15, -0.1) is 0 Å². The molecule has 0 radical (unpaired) electrons. The maximum atomic E-state index is 11.8. The third kappa shape index (κ3) is 4.47. The second kappa shape index (κ2) is 4.28. The van der Waals surface area contributed by atoms with E-state index in [0.29, 0.717) is 19.5 Å². The average Bonchev–Trinajstić information content (AvgIpc) is 2.00. The number of aliphatic hydroxyl groups excluding tert-OH is 1. The normalized spacial score (nSPS) is 26.3. The Hall–Kier alpha value is -0.290. The number of hydrogen-bond acceptors (Lipinski definition) is 2. The highest BCUT2D eigenvalue weighted by atomic mass is 19.4. The standard InChI is InChI=1S/C8H14F3NO/c9-8(10,11)3-5-12-4-1-2-7(13)6-12/h7,13H,1-6H2. The summed E-state index contributed by atoms with van der Waals surface area (Å²) in [6.45, 7) is 1.07. The predicted molar refractivity (Wildman–Crippen MR) is 42.4 cm³/mol. The van der Waals surface area contributed by atoms with Gasteiger partial charge in [0.25, 0.3) is 0 Å². The van der Waals surface area contributed by atoms with Crippen LogP contribution in [0.2, 0.25) is 0 Å². The van der Waals surface area contributed by atoms with E-state index in [1.807, 2.05) is 0 Å². The number of alkyl halides is 3. The molecule has 1 N–H and O–H groups in total. The summed E-state index contributed by atoms with van der Waals surface area (Å²) >= 11 is 0. The van der Waals surface area contributed by atoms with Gasteiger partial charge in [-0.05, 0) is 19.4 Å². The first-order valence-electron chi connectivity index (χ1n) is 4.44. The molecule has 0 aromatic carbocycles. The van der Waals surface area contributed by atoms with E-state index in [1.54, 1.807) is 4.90 Å². The lowest BCUT2D eigenvalue weighted by Crippen LogP contribution is -2.39. The highest BCUT2D eigenvalue weighted by Gasteiger charge is 2.28. The molecule has 0 aromatic heterocycles. The largest absolute Gasteiger partial charge is 0.392 e. The van der Waals surface area contributed by atoms with Crippen LogP contribution in [0.1, 0.15) is 19.3 Å². The number of hydrogen-bond donors (Lipinski definition) is 1. The molecule has 0 amide bonds. The lowest BCUT2D eigenvalue weighted by Gasteiger charge is -2.30. The summed E-state index contributed by atoms with van der Waals surface area (Å²) in [7, 11) is 0. The van der Waals surface area contributed by atoms with Crippen molar-refractivity contribution < 1.29 is 18.3 Å². The van der Waals surface area contributed by atoms with Crippen LogP contribution in [0.15, 0.2) is 0 Å². The number of rotatable bonds is 2. The number of likely N-dealkylation sites (tertiary alicyclic amines) is 1. The van der Waals surface area contributed by atoms with Crippen LogP contribution in [-0.4, -0.2) is 41.9 Å². The highest BCUT2D eigenvalue weighted by Crippen LogP contribution is 2.21. The summed E-state index contributed by atoms with van der Waals surface area (Å²) in [5.74, 6) is 0. The molecule has 0 aliphatic carbocycles. The molecule has 13 heavy (non-hydrogen) atoms. The minimum absolute atomic E-state index is 0.0144. The molecule has 5 heteroatoms. The van der Waals surface area contributed by atoms with Crippen molar-refractivity contribution in [2.45, 2.75) is 31.5 Å². The fourth-order valence-corrected chi connectivity index (χ4v) is 1.52. The molecule has 1 fully saturated rings. The molecule has 1 rings (SSSR count). The number of piperidine rings is 1. The molecular weight excluding hydrogens is 183 g/mol. The van der Waals surface area contributed by atoms with Crippen molar-refractivity contribution in [1.82, 2.24) is 4.90 Å². The van der Waals surface area contributed by atoms with Gasteiger partial charge in [-0.25, -0.2) is 0 Å². The van der Waals surface area contributed by atoms with Crippen LogP contribution < -0.4 is 0 Å². The second-order valence-corrected chi connectivity index (χ2v) is 3.46. The van der Waals surface area contributed by atoms with Crippen LogP contribution in [0.4, 0.5) is 13.2 Å². The lowest BCUT2D eigenvalue weighted by atomic mass is 10.1. The van der Waals surface area contributed by atoms with Gasteiger partial charge < -0.3 is 10.0 Å². The molecule has 78 valence electrons. The topological polar surface area (TPSA) is 23.5 Å². The van der Waals surface area contributed by atoms with Crippen molar-refractivity contribution in [3.63, 3.8) is 0 Å². The van der Waals surface area contributed by atoms with Gasteiger partial charge in [0.1, 0.15) is 0 Å². The van der Waals surface area contributed by atoms with Crippen LogP contribution in [0.5, 0.6) is 0 Å². The summed E-state index contributed by atoms with van der Waals surface area (Å²) in [6.07, 6.45) is -3.80. The molecule has 0 saturated carbocycles. The van der Waals surface area contributed by atoms with Crippen molar-refractivity contribution in [2.75, 3.05) is 19.6 Å². The quantitative estimate of drug-likeness (QED) is 0.723. The molecule has 1 heterocycles. The molecule has 1 unspecified atom stereocenters. The van der Waals surface area contributed by atoms with E-state index in [0.717, 1.165) is 6.42 Å². The Kier molecular flexibility index (Phi) is 3.55. The minimum Gasteiger partial charge on any atom is -0.392 e. The zero-order valence-electron chi connectivity index (χ0n) is 7.35. The molecule has 1 aliphatic rings. The first-order valence-corrected chi connectivity index (χ1v) is 4.44. The van der Waals surface area contributed by atoms with Crippen LogP contribution in [-0.2, 0) is 0 Å². The highest BCUT2D eigenvalue weighted by molar-refractivity contribution is 4.72. The van der Waals surface area contributed by atoms with Crippen molar-refractivity contribution >= 4 is 0 Å². The Bertz CT molecular complexity index is 160. The number of nitrogens with zero attached hydrogens (tertiary/aromatic N) is 1. The minimum atomic E-state index is -4.08. The van der Waals surface area contributed by atoms with Crippen molar-refractivity contribution in [2.24, 2.45) is 0 Å². The molecule has 0 bridgehead atoms. The zero-order chi connectivity index (χ0) is 9.90. The molecule has 1 saturated heterocycles. The molecule has 2 nitrogen and oxygen atoms in total. The first kappa shape index (κ1) is 10.8. The monoisotopic (exact) mass is 197 g/mol. The molecule has 1 aliphatic heterocycles. The summed E-state index contributed by atoms with van der Waals surface area (Å²) in [6, 6.07) is 0. The second-order valence-electron chi connectivity index (χ2n) is 3.46. The van der Waals surface area contributed by atoms with Crippen molar-refractivity contribution in [3.8, 4) is 0 Å². The Morgan fingerprint density at radius 1 is 1.38 bits per heavy atom. The first-order chi connectivity index (χ1) is 5.97. The summed E-state index contributed by atoms with van der Waals surface area (Å²) in [4.78, 5) is 1.67. The van der Waals surface area contributed by atoms with Gasteiger partial charge >= 0.3 is 6.18 Å². The van der Waals surface area contributed by atoms with Crippen LogP contribution in [0.25, 0.3) is 0 Å². The lowest BCUT2D eigenvalue weighted by molar-refractivity contribution is -0.139. The van der Waals surface area contributed by atoms with E-state index >= 15 is 0 Å². The number of β-amino-alcohol motifs (C(OH)–C–C–N with tert-alkyl or cyclic N) is 1. The van der Waals surface area contributed by atoms with E-state index in [1.165, 1.54) is 0 Å². The van der Waals surface area contributed by atoms with E-state index in [4.69, 9.17) is 0 Å². The van der Waals surface area contributed by atoms with Crippen molar-refractivity contribution in [3.05, 3.63) is 0 Å². The van der Waals surface area contributed by atoms with Gasteiger partial charge in [-0.1, -0.05) is 0 Å². The Morgan fingerprint density at radius 2 is 2.08 bits per heavy atom. The van der Waals surface area contributed by atoms with Crippen LogP contribution in [0, 0.1) is 0 Å². The van der Waals surface area contributed by atoms with E-state index in [9.17, 15) is 18.3 Å². The van der Waals surface area contributed by atoms with E-state index < -0.39 is 18.7 Å². The van der Waals surface area contributed by atoms with Gasteiger partial charge in [0.15, 0.2) is 0 Å². The summed E-state index contributed by atoms with van der Waals surface area (Å²) in [5, 5.41) is 9.19. The Balaban J connectivity index is 2.21. The average molecular weight is 197 g/mol. The van der Waals surface area contributed by atoms with Gasteiger partial charge in [-0.3, -0.25) is 0 Å². The maximum absolute atomic E-state index is 11.8. The van der Waals surface area contributed by atoms with Gasteiger partial charge in [0.05, 0.1) is 12.5 Å². The number of aliphatic hydroxyl groups is 1. The predicted octanol–water partition coefficient (Wildman–Crippen LogP) is 1.40. The Labute approximate surface area is 75.3 Å². The molecule has 0 aromatic rings. The fraction of sp³-hybridized carbons (Fsp3) is 1.00. The maximum Gasteiger partial charge on any atom is 0.390 e. The summed E-state index contributed by atoms with van der Waals surface area (Å²) < 4.78 is 35.5. The van der Waals surface area contributed by atoms with E-state index in [2.05, 4.69) is 0 Å². The van der Waals surface area contributed by atoms with Gasteiger partial charge in [-0.2, -0.15) is 13.2 Å². The van der Waals surface area contributed by atoms with Crippen LogP contribution in [0.3, 0.4) is 0 Å². The third-order valence-corrected chi connectivity index (χ3v) is 2.19. The number of halogens is 3. The zero-order valence-corrected chi connectivity index (χ0v) is 7.35. The van der Waals surface area contributed by atoms with E-state index in [-0.39, 0.29) is 6.54 Å². The molecule has 0 spiro atoms. The molecule has 1 atom stereocenters. The third-order valence-electron chi connectivity index (χ3n) is 2.19. The van der Waals surface area contributed by atoms with Gasteiger partial charge in [0, 0.05) is 13.1 Å². The Morgan fingerprint density at radius 3 is 2.62 bits per heavy atom. The fourth-order valence-electron chi connectivity index (χ4n) is 1.52.